The van der Waals surface area contributed by atoms with E-state index >= 15 is 0 Å². The molecule has 0 amide bonds. The number of hydrogen-bond acceptors (Lipinski definition) is 3. The van der Waals surface area contributed by atoms with Gasteiger partial charge in [0.15, 0.2) is 6.10 Å². The SMILES string of the molecule is CC1(C)C(C(=O)OC2COc3ccc(Cl)cc32)C1(C)C. The Kier molecular flexibility index (Phi) is 2.85. The Morgan fingerprint density at radius 3 is 2.55 bits per heavy atom. The Bertz CT molecular complexity index is 563. The third kappa shape index (κ3) is 1.83. The van der Waals surface area contributed by atoms with Gasteiger partial charge in [-0.2, -0.15) is 0 Å². The Balaban J connectivity index is 1.76. The Hall–Kier alpha value is -1.22. The van der Waals surface area contributed by atoms with Crippen LogP contribution in [0.3, 0.4) is 0 Å². The van der Waals surface area contributed by atoms with E-state index in [0.717, 1.165) is 11.3 Å². The van der Waals surface area contributed by atoms with Crippen molar-refractivity contribution >= 4 is 17.6 Å². The third-order valence-corrected chi connectivity index (χ3v) is 5.46. The number of esters is 1. The van der Waals surface area contributed by atoms with Gasteiger partial charge in [0, 0.05) is 10.6 Å². The van der Waals surface area contributed by atoms with E-state index < -0.39 is 0 Å². The zero-order valence-electron chi connectivity index (χ0n) is 12.2. The first-order valence-corrected chi connectivity index (χ1v) is 7.25. The molecular weight excluding hydrogens is 276 g/mol. The van der Waals surface area contributed by atoms with Crippen molar-refractivity contribution in [2.45, 2.75) is 33.8 Å². The molecule has 1 aromatic rings. The second-order valence-corrected chi connectivity index (χ2v) is 7.23. The van der Waals surface area contributed by atoms with Crippen molar-refractivity contribution in [1.82, 2.24) is 0 Å². The molecule has 1 saturated carbocycles. The Morgan fingerprint density at radius 2 is 1.95 bits per heavy atom. The molecule has 2 aliphatic rings. The minimum Gasteiger partial charge on any atom is -0.489 e. The average molecular weight is 295 g/mol. The van der Waals surface area contributed by atoms with E-state index in [2.05, 4.69) is 27.7 Å². The molecule has 1 aromatic carbocycles. The number of halogens is 1. The molecular formula is C16H19ClO3. The molecule has 1 unspecified atom stereocenters. The highest BCUT2D eigenvalue weighted by Crippen LogP contribution is 2.68. The van der Waals surface area contributed by atoms with Gasteiger partial charge in [-0.25, -0.2) is 0 Å². The van der Waals surface area contributed by atoms with Gasteiger partial charge in [0.1, 0.15) is 12.4 Å². The van der Waals surface area contributed by atoms with Crippen molar-refractivity contribution in [1.29, 1.82) is 0 Å². The number of fused-ring (bicyclic) bond motifs is 1. The maximum absolute atomic E-state index is 12.4. The standard InChI is InChI=1S/C16H19ClO3/c1-15(2)13(16(15,3)4)14(18)20-12-8-19-11-6-5-9(17)7-10(11)12/h5-7,12-13H,8H2,1-4H3. The molecule has 0 radical (unpaired) electrons. The van der Waals surface area contributed by atoms with Gasteiger partial charge in [-0.1, -0.05) is 39.3 Å². The van der Waals surface area contributed by atoms with Crippen LogP contribution in [0.25, 0.3) is 0 Å². The van der Waals surface area contributed by atoms with Crippen molar-refractivity contribution in [3.63, 3.8) is 0 Å². The molecule has 3 nitrogen and oxygen atoms in total. The van der Waals surface area contributed by atoms with E-state index in [9.17, 15) is 4.79 Å². The molecule has 108 valence electrons. The lowest BCUT2D eigenvalue weighted by atomic mass is 10.0. The predicted molar refractivity (Wildman–Crippen MR) is 76.8 cm³/mol. The number of benzene rings is 1. The van der Waals surface area contributed by atoms with E-state index in [-0.39, 0.29) is 28.8 Å². The summed E-state index contributed by atoms with van der Waals surface area (Å²) in [5.74, 6) is 0.557. The first-order valence-electron chi connectivity index (χ1n) is 6.88. The molecule has 0 saturated heterocycles. The zero-order valence-corrected chi connectivity index (χ0v) is 13.0. The van der Waals surface area contributed by atoms with Crippen LogP contribution in [0.1, 0.15) is 39.4 Å². The van der Waals surface area contributed by atoms with Crippen molar-refractivity contribution in [2.75, 3.05) is 6.61 Å². The predicted octanol–water partition coefficient (Wildman–Crippen LogP) is 4.00. The molecule has 1 aliphatic carbocycles. The highest BCUT2D eigenvalue weighted by molar-refractivity contribution is 6.30. The second-order valence-electron chi connectivity index (χ2n) is 6.80. The van der Waals surface area contributed by atoms with Crippen LogP contribution in [0.2, 0.25) is 5.02 Å². The van der Waals surface area contributed by atoms with E-state index in [1.807, 2.05) is 12.1 Å². The van der Waals surface area contributed by atoms with Crippen LogP contribution in [-0.2, 0) is 9.53 Å². The van der Waals surface area contributed by atoms with Gasteiger partial charge in [0.25, 0.3) is 0 Å². The van der Waals surface area contributed by atoms with E-state index in [4.69, 9.17) is 21.1 Å². The fraction of sp³-hybridized carbons (Fsp3) is 0.562. The molecule has 1 fully saturated rings. The van der Waals surface area contributed by atoms with E-state index in [1.165, 1.54) is 0 Å². The van der Waals surface area contributed by atoms with Crippen LogP contribution in [0.4, 0.5) is 0 Å². The van der Waals surface area contributed by atoms with Gasteiger partial charge in [-0.05, 0) is 29.0 Å². The highest BCUT2D eigenvalue weighted by Gasteiger charge is 2.69. The number of carbonyl (C=O) groups is 1. The number of ether oxygens (including phenoxy) is 2. The molecule has 0 aromatic heterocycles. The minimum absolute atomic E-state index is 0.0132. The molecule has 1 heterocycles. The van der Waals surface area contributed by atoms with Crippen LogP contribution >= 0.6 is 11.6 Å². The van der Waals surface area contributed by atoms with Crippen molar-refractivity contribution in [2.24, 2.45) is 16.7 Å². The minimum atomic E-state index is -0.344. The Morgan fingerprint density at radius 1 is 1.30 bits per heavy atom. The van der Waals surface area contributed by atoms with Crippen LogP contribution in [0.5, 0.6) is 5.75 Å². The van der Waals surface area contributed by atoms with Gasteiger partial charge in [0.2, 0.25) is 0 Å². The summed E-state index contributed by atoms with van der Waals surface area (Å²) in [4.78, 5) is 12.4. The molecule has 20 heavy (non-hydrogen) atoms. The Labute approximate surface area is 124 Å². The highest BCUT2D eigenvalue weighted by atomic mass is 35.5. The number of carbonyl (C=O) groups excluding carboxylic acids is 1. The summed E-state index contributed by atoms with van der Waals surface area (Å²) in [5, 5.41) is 0.627. The van der Waals surface area contributed by atoms with Crippen LogP contribution in [0.15, 0.2) is 18.2 Å². The first-order chi connectivity index (χ1) is 9.25. The summed E-state index contributed by atoms with van der Waals surface area (Å²) in [6, 6.07) is 5.40. The average Bonchev–Trinajstić information content (AvgIpc) is 2.64. The summed E-state index contributed by atoms with van der Waals surface area (Å²) >= 11 is 5.99. The summed E-state index contributed by atoms with van der Waals surface area (Å²) in [5.41, 5.74) is 0.837. The number of hydrogen-bond donors (Lipinski definition) is 0. The number of rotatable bonds is 2. The monoisotopic (exact) mass is 294 g/mol. The maximum atomic E-state index is 12.4. The molecule has 3 rings (SSSR count). The lowest BCUT2D eigenvalue weighted by molar-refractivity contribution is -0.153. The molecule has 1 aliphatic heterocycles. The zero-order chi connectivity index (χ0) is 14.7. The first kappa shape index (κ1) is 13.7. The summed E-state index contributed by atoms with van der Waals surface area (Å²) in [7, 11) is 0. The molecule has 1 atom stereocenters. The fourth-order valence-corrected chi connectivity index (χ4v) is 3.43. The summed E-state index contributed by atoms with van der Waals surface area (Å²) in [6.45, 7) is 8.79. The molecule has 0 bridgehead atoms. The van der Waals surface area contributed by atoms with Gasteiger partial charge in [-0.15, -0.1) is 0 Å². The topological polar surface area (TPSA) is 35.5 Å². The fourth-order valence-electron chi connectivity index (χ4n) is 3.25. The van der Waals surface area contributed by atoms with E-state index in [1.54, 1.807) is 6.07 Å². The maximum Gasteiger partial charge on any atom is 0.310 e. The largest absolute Gasteiger partial charge is 0.489 e. The van der Waals surface area contributed by atoms with Gasteiger partial charge in [0.05, 0.1) is 5.92 Å². The molecule has 4 heteroatoms. The normalized spacial score (nSPS) is 25.8. The van der Waals surface area contributed by atoms with Crippen molar-refractivity contribution < 1.29 is 14.3 Å². The van der Waals surface area contributed by atoms with Crippen LogP contribution in [-0.4, -0.2) is 12.6 Å². The van der Waals surface area contributed by atoms with E-state index in [0.29, 0.717) is 11.6 Å². The van der Waals surface area contributed by atoms with Crippen molar-refractivity contribution in [3.05, 3.63) is 28.8 Å². The lowest BCUT2D eigenvalue weighted by Crippen LogP contribution is -2.17. The van der Waals surface area contributed by atoms with Crippen LogP contribution < -0.4 is 4.74 Å². The summed E-state index contributed by atoms with van der Waals surface area (Å²) in [6.07, 6.45) is -0.344. The lowest BCUT2D eigenvalue weighted by Gasteiger charge is -2.12. The smallest absolute Gasteiger partial charge is 0.310 e. The van der Waals surface area contributed by atoms with Gasteiger partial charge < -0.3 is 9.47 Å². The van der Waals surface area contributed by atoms with Crippen molar-refractivity contribution in [3.8, 4) is 5.75 Å². The quantitative estimate of drug-likeness (QED) is 0.774. The van der Waals surface area contributed by atoms with Gasteiger partial charge in [-0.3, -0.25) is 4.79 Å². The van der Waals surface area contributed by atoms with Gasteiger partial charge >= 0.3 is 5.97 Å². The van der Waals surface area contributed by atoms with Crippen LogP contribution in [0, 0.1) is 16.7 Å². The second kappa shape index (κ2) is 4.14. The molecule has 0 spiro atoms. The third-order valence-electron chi connectivity index (χ3n) is 5.22. The summed E-state index contributed by atoms with van der Waals surface area (Å²) < 4.78 is 11.2. The molecule has 0 N–H and O–H groups in total.